The number of hydrogen-bond acceptors (Lipinski definition) is 4. The lowest BCUT2D eigenvalue weighted by Crippen LogP contribution is -2.47. The maximum atomic E-state index is 8.59. The van der Waals surface area contributed by atoms with Crippen LogP contribution >= 0.6 is 22.6 Å². The van der Waals surface area contributed by atoms with Crippen LogP contribution in [0.1, 0.15) is 0 Å². The first-order valence-corrected chi connectivity index (χ1v) is 3.11. The van der Waals surface area contributed by atoms with Crippen molar-refractivity contribution < 1.29 is 20.4 Å². The van der Waals surface area contributed by atoms with Crippen LogP contribution in [0.15, 0.2) is 12.7 Å². The predicted molar refractivity (Wildman–Crippen MR) is 38.6 cm³/mol. The van der Waals surface area contributed by atoms with E-state index in [-0.39, 0.29) is 0 Å². The van der Waals surface area contributed by atoms with Crippen molar-refractivity contribution in [3.8, 4) is 0 Å². The summed E-state index contributed by atoms with van der Waals surface area (Å²) in [4.78, 5) is 0. The Hall–Kier alpha value is 0.310. The molecule has 0 saturated heterocycles. The second-order valence-electron chi connectivity index (χ2n) is 1.52. The van der Waals surface area contributed by atoms with Crippen molar-refractivity contribution >= 4 is 22.6 Å². The molecule has 4 N–H and O–H groups in total. The van der Waals surface area contributed by atoms with Crippen LogP contribution in [-0.2, 0) is 0 Å². The Labute approximate surface area is 65.6 Å². The Morgan fingerprint density at radius 2 is 1.56 bits per heavy atom. The minimum atomic E-state index is -2.66. The molecule has 0 atom stereocenters. The van der Waals surface area contributed by atoms with E-state index in [0.717, 1.165) is 22.6 Å². The zero-order valence-electron chi connectivity index (χ0n) is 4.45. The van der Waals surface area contributed by atoms with Crippen molar-refractivity contribution in [3.05, 3.63) is 12.7 Å². The zero-order chi connectivity index (χ0) is 7.71. The highest BCUT2D eigenvalue weighted by Crippen LogP contribution is 2.24. The van der Waals surface area contributed by atoms with E-state index in [0.29, 0.717) is 6.08 Å². The van der Waals surface area contributed by atoms with Gasteiger partial charge in [0.15, 0.2) is 0 Å². The van der Waals surface area contributed by atoms with Gasteiger partial charge in [0.05, 0.1) is 0 Å². The molecule has 0 aliphatic carbocycles. The zero-order valence-corrected chi connectivity index (χ0v) is 6.61. The van der Waals surface area contributed by atoms with Crippen LogP contribution in [0, 0.1) is 0 Å². The van der Waals surface area contributed by atoms with Crippen LogP contribution in [0.5, 0.6) is 0 Å². The molecule has 0 bridgehead atoms. The minimum absolute atomic E-state index is 0.624. The molecule has 0 spiro atoms. The van der Waals surface area contributed by atoms with E-state index in [9.17, 15) is 0 Å². The van der Waals surface area contributed by atoms with E-state index in [1.54, 1.807) is 0 Å². The molecular weight excluding hydrogens is 239 g/mol. The maximum Gasteiger partial charge on any atom is 0.276 e. The van der Waals surface area contributed by atoms with Gasteiger partial charge in [-0.15, -0.1) is 0 Å². The van der Waals surface area contributed by atoms with Crippen molar-refractivity contribution in [2.75, 3.05) is 0 Å². The van der Waals surface area contributed by atoms with Crippen LogP contribution in [0.25, 0.3) is 0 Å². The molecule has 0 heterocycles. The smallest absolute Gasteiger partial charge is 0.276 e. The largest absolute Gasteiger partial charge is 0.358 e. The Morgan fingerprint density at radius 3 is 1.56 bits per heavy atom. The second kappa shape index (κ2) is 2.51. The molecule has 0 aliphatic heterocycles. The lowest BCUT2D eigenvalue weighted by Gasteiger charge is -2.26. The van der Waals surface area contributed by atoms with Crippen molar-refractivity contribution in [3.63, 3.8) is 0 Å². The summed E-state index contributed by atoms with van der Waals surface area (Å²) in [5.41, 5.74) is 0. The molecule has 0 aromatic rings. The van der Waals surface area contributed by atoms with E-state index < -0.39 is 9.58 Å². The van der Waals surface area contributed by atoms with Crippen molar-refractivity contribution in [1.29, 1.82) is 0 Å². The summed E-state index contributed by atoms with van der Waals surface area (Å²) in [5, 5.41) is 34.2. The summed E-state index contributed by atoms with van der Waals surface area (Å²) in [7, 11) is 0. The number of aliphatic hydroxyl groups is 4. The van der Waals surface area contributed by atoms with E-state index in [1.165, 1.54) is 0 Å². The average Bonchev–Trinajstić information content (AvgIpc) is 1.64. The van der Waals surface area contributed by atoms with E-state index in [1.807, 2.05) is 0 Å². The van der Waals surface area contributed by atoms with Crippen molar-refractivity contribution in [2.24, 2.45) is 0 Å². The standard InChI is InChI=1S/C4H7IO4/c1-2-3(6,7)4(5,8)9/h2,6-9H,1H2. The molecule has 0 aliphatic rings. The van der Waals surface area contributed by atoms with Gasteiger partial charge in [0.25, 0.3) is 3.79 Å². The first kappa shape index (κ1) is 9.31. The minimum Gasteiger partial charge on any atom is -0.358 e. The third-order valence-corrected chi connectivity index (χ3v) is 1.55. The van der Waals surface area contributed by atoms with Crippen LogP contribution in [-0.4, -0.2) is 30.0 Å². The van der Waals surface area contributed by atoms with Gasteiger partial charge < -0.3 is 20.4 Å². The number of rotatable bonds is 2. The molecule has 0 unspecified atom stereocenters. The van der Waals surface area contributed by atoms with E-state index >= 15 is 0 Å². The van der Waals surface area contributed by atoms with Crippen molar-refractivity contribution in [2.45, 2.75) is 9.58 Å². The van der Waals surface area contributed by atoms with Gasteiger partial charge in [-0.3, -0.25) is 0 Å². The highest BCUT2D eigenvalue weighted by atomic mass is 127. The molecule has 0 amide bonds. The first-order chi connectivity index (χ1) is 3.81. The fraction of sp³-hybridized carbons (Fsp3) is 0.500. The maximum absolute atomic E-state index is 8.59. The lowest BCUT2D eigenvalue weighted by molar-refractivity contribution is -0.271. The molecule has 0 saturated carbocycles. The monoisotopic (exact) mass is 246 g/mol. The van der Waals surface area contributed by atoms with Gasteiger partial charge in [-0.1, -0.05) is 6.58 Å². The molecule has 0 fully saturated rings. The molecule has 0 rings (SSSR count). The molecule has 4 nitrogen and oxygen atoms in total. The third kappa shape index (κ3) is 2.18. The highest BCUT2D eigenvalue weighted by Gasteiger charge is 2.42. The van der Waals surface area contributed by atoms with Gasteiger partial charge in [-0.25, -0.2) is 0 Å². The lowest BCUT2D eigenvalue weighted by atomic mass is 10.3. The molecule has 54 valence electrons. The Kier molecular flexibility index (Phi) is 2.59. The van der Waals surface area contributed by atoms with Gasteiger partial charge in [0.1, 0.15) is 0 Å². The van der Waals surface area contributed by atoms with Crippen molar-refractivity contribution in [1.82, 2.24) is 0 Å². The second-order valence-corrected chi connectivity index (χ2v) is 3.02. The van der Waals surface area contributed by atoms with Crippen LogP contribution in [0.4, 0.5) is 0 Å². The Morgan fingerprint density at radius 1 is 1.22 bits per heavy atom. The van der Waals surface area contributed by atoms with Gasteiger partial charge in [0, 0.05) is 0 Å². The van der Waals surface area contributed by atoms with Crippen LogP contribution in [0.3, 0.4) is 0 Å². The molecule has 0 aromatic heterocycles. The first-order valence-electron chi connectivity index (χ1n) is 2.03. The highest BCUT2D eigenvalue weighted by molar-refractivity contribution is 14.1. The fourth-order valence-corrected chi connectivity index (χ4v) is 0.350. The summed E-state index contributed by atoms with van der Waals surface area (Å²) >= 11 is 1.06. The topological polar surface area (TPSA) is 80.9 Å². The number of halogens is 1. The average molecular weight is 246 g/mol. The molecule has 5 heteroatoms. The molecule has 0 aromatic carbocycles. The number of alkyl halides is 1. The Balaban J connectivity index is 4.32. The summed E-state index contributed by atoms with van der Waals surface area (Å²) < 4.78 is -2.59. The fourth-order valence-electron chi connectivity index (χ4n) is 0.130. The van der Waals surface area contributed by atoms with E-state index in [4.69, 9.17) is 20.4 Å². The molecule has 9 heavy (non-hydrogen) atoms. The summed E-state index contributed by atoms with van der Waals surface area (Å²) in [5.74, 6) is -2.66. The molecule has 0 radical (unpaired) electrons. The molecular formula is C4H7IO4. The van der Waals surface area contributed by atoms with Gasteiger partial charge >= 0.3 is 0 Å². The summed E-state index contributed by atoms with van der Waals surface area (Å²) in [6, 6.07) is 0. The Bertz CT molecular complexity index is 114. The summed E-state index contributed by atoms with van der Waals surface area (Å²) in [6.45, 7) is 2.97. The van der Waals surface area contributed by atoms with Gasteiger partial charge in [-0.2, -0.15) is 0 Å². The van der Waals surface area contributed by atoms with Crippen LogP contribution in [0.2, 0.25) is 0 Å². The summed E-state index contributed by atoms with van der Waals surface area (Å²) in [6.07, 6.45) is 0.624. The third-order valence-electron chi connectivity index (χ3n) is 0.753. The SMILES string of the molecule is C=CC(O)(O)C(O)(O)I. The predicted octanol–water partition coefficient (Wildman–Crippen LogP) is -1.07. The van der Waals surface area contributed by atoms with Gasteiger partial charge in [-0.05, 0) is 28.7 Å². The normalized spacial score (nSPS) is 13.4. The quantitative estimate of drug-likeness (QED) is 0.216. The van der Waals surface area contributed by atoms with Gasteiger partial charge in [0.2, 0.25) is 5.79 Å². The number of hydrogen-bond donors (Lipinski definition) is 4. The van der Waals surface area contributed by atoms with Crippen LogP contribution < -0.4 is 0 Å². The van der Waals surface area contributed by atoms with E-state index in [2.05, 4.69) is 6.58 Å².